The topological polar surface area (TPSA) is 12.0 Å². The van der Waals surface area contributed by atoms with E-state index in [1.165, 1.54) is 29.3 Å². The second-order valence-corrected chi connectivity index (χ2v) is 7.18. The maximum Gasteiger partial charge on any atom is 0.0451 e. The van der Waals surface area contributed by atoms with E-state index in [9.17, 15) is 0 Å². The highest BCUT2D eigenvalue weighted by Gasteiger charge is 2.39. The van der Waals surface area contributed by atoms with E-state index in [1.54, 1.807) is 0 Å². The summed E-state index contributed by atoms with van der Waals surface area (Å²) in [5.74, 6) is 0. The lowest BCUT2D eigenvalue weighted by molar-refractivity contribution is 0.231. The summed E-state index contributed by atoms with van der Waals surface area (Å²) in [6.07, 6.45) is 3.70. The average molecular weight is 296 g/mol. The number of nitrogens with one attached hydrogen (secondary N) is 1. The molecule has 1 atom stereocenters. The third-order valence-corrected chi connectivity index (χ3v) is 4.16. The molecule has 0 aliphatic carbocycles. The van der Waals surface area contributed by atoms with Crippen LogP contribution in [0.3, 0.4) is 0 Å². The van der Waals surface area contributed by atoms with E-state index in [2.05, 4.69) is 66.3 Å². The molecule has 1 N–H and O–H groups in total. The van der Waals surface area contributed by atoms with Crippen molar-refractivity contribution in [3.63, 3.8) is 0 Å². The van der Waals surface area contributed by atoms with Crippen LogP contribution in [0.2, 0.25) is 0 Å². The largest absolute Gasteiger partial charge is 0.307 e. The minimum atomic E-state index is 0.165. The smallest absolute Gasteiger partial charge is 0.0451 e. The minimum Gasteiger partial charge on any atom is -0.307 e. The number of halogens is 1. The summed E-state index contributed by atoms with van der Waals surface area (Å²) in [6.45, 7) is 8.11. The van der Waals surface area contributed by atoms with Crippen LogP contribution in [0.1, 0.15) is 45.6 Å². The van der Waals surface area contributed by atoms with E-state index >= 15 is 0 Å². The predicted octanol–water partition coefficient (Wildman–Crippen LogP) is 4.46. The highest BCUT2D eigenvalue weighted by molar-refractivity contribution is 9.10. The van der Waals surface area contributed by atoms with Crippen LogP contribution in [0.15, 0.2) is 28.7 Å². The Labute approximate surface area is 113 Å². The van der Waals surface area contributed by atoms with Crippen LogP contribution in [0, 0.1) is 5.41 Å². The zero-order valence-corrected chi connectivity index (χ0v) is 12.6. The molecule has 0 bridgehead atoms. The summed E-state index contributed by atoms with van der Waals surface area (Å²) in [5.41, 5.74) is 1.93. The standard InChI is InChI=1S/C15H22BrN/c1-14(2,3)11-15(9-6-10-17-15)12-7-4-5-8-13(12)16/h4-5,7-8,17H,6,9-11H2,1-3H3. The summed E-state index contributed by atoms with van der Waals surface area (Å²) in [4.78, 5) is 0. The predicted molar refractivity (Wildman–Crippen MR) is 77.1 cm³/mol. The molecule has 1 nitrogen and oxygen atoms in total. The van der Waals surface area contributed by atoms with E-state index < -0.39 is 0 Å². The third-order valence-electron chi connectivity index (χ3n) is 3.47. The number of benzene rings is 1. The maximum absolute atomic E-state index is 3.75. The van der Waals surface area contributed by atoms with Gasteiger partial charge in [-0.2, -0.15) is 0 Å². The van der Waals surface area contributed by atoms with Crippen LogP contribution < -0.4 is 5.32 Å². The molecule has 0 saturated carbocycles. The maximum atomic E-state index is 3.75. The van der Waals surface area contributed by atoms with E-state index in [-0.39, 0.29) is 5.54 Å². The van der Waals surface area contributed by atoms with Crippen LogP contribution in [-0.4, -0.2) is 6.54 Å². The van der Waals surface area contributed by atoms with Crippen LogP contribution >= 0.6 is 15.9 Å². The van der Waals surface area contributed by atoms with Gasteiger partial charge in [0.2, 0.25) is 0 Å². The van der Waals surface area contributed by atoms with E-state index in [4.69, 9.17) is 0 Å². The Morgan fingerprint density at radius 1 is 1.29 bits per heavy atom. The second-order valence-electron chi connectivity index (χ2n) is 6.33. The molecule has 1 heterocycles. The van der Waals surface area contributed by atoms with Gasteiger partial charge in [-0.25, -0.2) is 0 Å². The van der Waals surface area contributed by atoms with Crippen molar-refractivity contribution in [2.24, 2.45) is 5.41 Å². The van der Waals surface area contributed by atoms with Crippen molar-refractivity contribution in [2.75, 3.05) is 6.54 Å². The Hall–Kier alpha value is -0.340. The Kier molecular flexibility index (Phi) is 3.65. The molecule has 1 unspecified atom stereocenters. The molecule has 1 aromatic carbocycles. The van der Waals surface area contributed by atoms with Crippen LogP contribution in [0.25, 0.3) is 0 Å². The van der Waals surface area contributed by atoms with Crippen molar-refractivity contribution in [2.45, 2.75) is 45.6 Å². The molecule has 0 amide bonds. The second kappa shape index (κ2) is 4.74. The fraction of sp³-hybridized carbons (Fsp3) is 0.600. The number of hydrogen-bond acceptors (Lipinski definition) is 1. The molecule has 17 heavy (non-hydrogen) atoms. The van der Waals surface area contributed by atoms with E-state index in [1.807, 2.05) is 0 Å². The zero-order valence-electron chi connectivity index (χ0n) is 11.0. The van der Waals surface area contributed by atoms with E-state index in [0.29, 0.717) is 5.41 Å². The first kappa shape index (κ1) is 13.1. The Balaban J connectivity index is 2.38. The van der Waals surface area contributed by atoms with Gasteiger partial charge in [-0.1, -0.05) is 54.9 Å². The first-order chi connectivity index (χ1) is 7.93. The minimum absolute atomic E-state index is 0.165. The van der Waals surface area contributed by atoms with E-state index in [0.717, 1.165) is 6.54 Å². The molecular weight excluding hydrogens is 274 g/mol. The van der Waals surface area contributed by atoms with Crippen molar-refractivity contribution in [1.29, 1.82) is 0 Å². The van der Waals surface area contributed by atoms with Gasteiger partial charge in [0.1, 0.15) is 0 Å². The average Bonchev–Trinajstić information content (AvgIpc) is 2.65. The number of hydrogen-bond donors (Lipinski definition) is 1. The Morgan fingerprint density at radius 2 is 2.00 bits per heavy atom. The van der Waals surface area contributed by atoms with Crippen molar-refractivity contribution < 1.29 is 0 Å². The van der Waals surface area contributed by atoms with Crippen molar-refractivity contribution in [3.8, 4) is 0 Å². The lowest BCUT2D eigenvalue weighted by atomic mass is 9.75. The molecule has 1 aliphatic rings. The summed E-state index contributed by atoms with van der Waals surface area (Å²) >= 11 is 3.71. The van der Waals surface area contributed by atoms with Gasteiger partial charge in [-0.05, 0) is 42.9 Å². The highest BCUT2D eigenvalue weighted by atomic mass is 79.9. The van der Waals surface area contributed by atoms with Crippen molar-refractivity contribution in [3.05, 3.63) is 34.3 Å². The Bertz CT molecular complexity index is 386. The van der Waals surface area contributed by atoms with Gasteiger partial charge in [0.05, 0.1) is 0 Å². The van der Waals surface area contributed by atoms with Crippen molar-refractivity contribution in [1.82, 2.24) is 5.32 Å². The summed E-state index contributed by atoms with van der Waals surface area (Å²) < 4.78 is 1.23. The molecular formula is C15H22BrN. The monoisotopic (exact) mass is 295 g/mol. The molecule has 0 radical (unpaired) electrons. The molecule has 2 rings (SSSR count). The highest BCUT2D eigenvalue weighted by Crippen LogP contribution is 2.43. The van der Waals surface area contributed by atoms with Crippen LogP contribution in [-0.2, 0) is 5.54 Å². The normalized spacial score (nSPS) is 25.2. The van der Waals surface area contributed by atoms with Crippen LogP contribution in [0.4, 0.5) is 0 Å². The quantitative estimate of drug-likeness (QED) is 0.849. The van der Waals surface area contributed by atoms with Gasteiger partial charge in [0.15, 0.2) is 0 Å². The molecule has 2 heteroatoms. The lowest BCUT2D eigenvalue weighted by Crippen LogP contribution is -2.40. The fourth-order valence-corrected chi connectivity index (χ4v) is 3.70. The van der Waals surface area contributed by atoms with Gasteiger partial charge >= 0.3 is 0 Å². The van der Waals surface area contributed by atoms with Gasteiger partial charge in [0.25, 0.3) is 0 Å². The molecule has 94 valence electrons. The zero-order chi connectivity index (χ0) is 12.5. The SMILES string of the molecule is CC(C)(C)CC1(c2ccccc2Br)CCCN1. The van der Waals surface area contributed by atoms with Gasteiger partial charge in [-0.15, -0.1) is 0 Å². The molecule has 1 fully saturated rings. The molecule has 1 saturated heterocycles. The van der Waals surface area contributed by atoms with Crippen molar-refractivity contribution >= 4 is 15.9 Å². The van der Waals surface area contributed by atoms with Gasteiger partial charge in [0, 0.05) is 10.0 Å². The van der Waals surface area contributed by atoms with Gasteiger partial charge in [-0.3, -0.25) is 0 Å². The Morgan fingerprint density at radius 3 is 2.53 bits per heavy atom. The summed E-state index contributed by atoms with van der Waals surface area (Å²) in [6, 6.07) is 8.64. The first-order valence-electron chi connectivity index (χ1n) is 6.43. The van der Waals surface area contributed by atoms with Gasteiger partial charge < -0.3 is 5.32 Å². The molecule has 0 spiro atoms. The molecule has 1 aliphatic heterocycles. The lowest BCUT2D eigenvalue weighted by Gasteiger charge is -2.37. The summed E-state index contributed by atoms with van der Waals surface area (Å²) in [5, 5.41) is 3.75. The third kappa shape index (κ3) is 2.92. The van der Waals surface area contributed by atoms with Crippen LogP contribution in [0.5, 0.6) is 0 Å². The first-order valence-corrected chi connectivity index (χ1v) is 7.22. The summed E-state index contributed by atoms with van der Waals surface area (Å²) in [7, 11) is 0. The molecule has 1 aromatic rings. The fourth-order valence-electron chi connectivity index (χ4n) is 3.04. The molecule has 0 aromatic heterocycles. The number of rotatable bonds is 2.